The Hall–Kier alpha value is -1.22. The molecular weight excluding hydrogens is 549 g/mol. The van der Waals surface area contributed by atoms with Crippen LogP contribution in [0.5, 0.6) is 5.75 Å². The number of amides is 2. The van der Waals surface area contributed by atoms with Crippen LogP contribution < -0.4 is 4.74 Å². The average molecular weight is 566 g/mol. The van der Waals surface area contributed by atoms with E-state index in [4.69, 9.17) is 44.3 Å². The Morgan fingerprint density at radius 1 is 1.10 bits per heavy atom. The monoisotopic (exact) mass is 563 g/mol. The van der Waals surface area contributed by atoms with Crippen molar-refractivity contribution in [2.24, 2.45) is 0 Å². The predicted octanol–water partition coefficient (Wildman–Crippen LogP) is 7.06. The third-order valence-electron chi connectivity index (χ3n) is 4.29. The summed E-state index contributed by atoms with van der Waals surface area (Å²) in [4.78, 5) is 26.3. The number of hydrogen-bond donors (Lipinski definition) is 0. The number of thioether (sulfide) groups is 1. The van der Waals surface area contributed by atoms with Crippen molar-refractivity contribution in [1.29, 1.82) is 0 Å². The van der Waals surface area contributed by atoms with Gasteiger partial charge in [-0.25, -0.2) is 0 Å². The summed E-state index contributed by atoms with van der Waals surface area (Å²) in [5.74, 6) is 0.135. The van der Waals surface area contributed by atoms with Gasteiger partial charge in [-0.15, -0.1) is 0 Å². The molecule has 31 heavy (non-hydrogen) atoms. The van der Waals surface area contributed by atoms with Crippen LogP contribution in [0.3, 0.4) is 0 Å². The molecule has 10 heteroatoms. The van der Waals surface area contributed by atoms with Crippen LogP contribution in [0.4, 0.5) is 4.79 Å². The summed E-state index contributed by atoms with van der Waals surface area (Å²) in [7, 11) is 1.58. The highest BCUT2D eigenvalue weighted by molar-refractivity contribution is 9.10. The Morgan fingerprint density at radius 3 is 2.55 bits per heavy atom. The van der Waals surface area contributed by atoms with E-state index in [0.29, 0.717) is 55.3 Å². The van der Waals surface area contributed by atoms with Crippen LogP contribution in [0.15, 0.2) is 39.7 Å². The smallest absolute Gasteiger partial charge is 0.293 e. The molecule has 0 saturated carbocycles. The molecule has 2 amide bonds. The van der Waals surface area contributed by atoms with E-state index in [1.807, 2.05) is 6.07 Å². The molecule has 2 aromatic rings. The van der Waals surface area contributed by atoms with Crippen LogP contribution in [0.25, 0.3) is 6.08 Å². The standard InChI is InChI=1S/C21H17BrCl3NO4S/c1-29-6-2-5-26-20(27)18(31-21(26)28)10-13-7-14(22)19(17(25)9-13)30-11-12-3-4-15(23)16(24)8-12/h3-4,7-10H,2,5-6,11H2,1H3/b18-10+. The van der Waals surface area contributed by atoms with Crippen molar-refractivity contribution in [3.63, 3.8) is 0 Å². The molecular formula is C21H17BrCl3NO4S. The van der Waals surface area contributed by atoms with Gasteiger partial charge in [0.25, 0.3) is 11.1 Å². The van der Waals surface area contributed by atoms with Gasteiger partial charge in [-0.3, -0.25) is 14.5 Å². The quantitative estimate of drug-likeness (QED) is 0.253. The number of carbonyl (C=O) groups is 2. The molecule has 0 aromatic heterocycles. The maximum atomic E-state index is 12.5. The van der Waals surface area contributed by atoms with E-state index in [-0.39, 0.29) is 17.8 Å². The number of ether oxygens (including phenoxy) is 2. The number of rotatable bonds is 8. The van der Waals surface area contributed by atoms with Crippen molar-refractivity contribution in [2.45, 2.75) is 13.0 Å². The fraction of sp³-hybridized carbons (Fsp3) is 0.238. The second-order valence-electron chi connectivity index (χ2n) is 6.53. The summed E-state index contributed by atoms with van der Waals surface area (Å²) in [6, 6.07) is 8.69. The highest BCUT2D eigenvalue weighted by atomic mass is 79.9. The van der Waals surface area contributed by atoms with Crippen molar-refractivity contribution in [1.82, 2.24) is 4.90 Å². The second-order valence-corrected chi connectivity index (χ2v) is 9.60. The van der Waals surface area contributed by atoms with E-state index >= 15 is 0 Å². The molecule has 1 aliphatic heterocycles. The highest BCUT2D eigenvalue weighted by Gasteiger charge is 2.34. The van der Waals surface area contributed by atoms with E-state index in [1.165, 1.54) is 4.90 Å². The number of benzene rings is 2. The molecule has 2 aromatic carbocycles. The topological polar surface area (TPSA) is 55.8 Å². The fourth-order valence-electron chi connectivity index (χ4n) is 2.80. The molecule has 164 valence electrons. The van der Waals surface area contributed by atoms with E-state index in [1.54, 1.807) is 37.5 Å². The molecule has 3 rings (SSSR count). The fourth-order valence-corrected chi connectivity index (χ4v) is 4.97. The zero-order valence-electron chi connectivity index (χ0n) is 16.3. The minimum absolute atomic E-state index is 0.245. The molecule has 0 radical (unpaired) electrons. The van der Waals surface area contributed by atoms with E-state index < -0.39 is 0 Å². The first-order chi connectivity index (χ1) is 14.8. The van der Waals surface area contributed by atoms with Crippen LogP contribution in [-0.2, 0) is 16.1 Å². The van der Waals surface area contributed by atoms with Gasteiger partial charge >= 0.3 is 0 Å². The molecule has 1 aliphatic rings. The summed E-state index contributed by atoms with van der Waals surface area (Å²) in [5, 5.41) is 0.982. The molecule has 0 spiro atoms. The van der Waals surface area contributed by atoms with Crippen LogP contribution in [0.2, 0.25) is 15.1 Å². The lowest BCUT2D eigenvalue weighted by Gasteiger charge is -2.12. The van der Waals surface area contributed by atoms with Crippen LogP contribution >= 0.6 is 62.5 Å². The zero-order chi connectivity index (χ0) is 22.5. The molecule has 1 fully saturated rings. The molecule has 1 heterocycles. The number of halogens is 4. The van der Waals surface area contributed by atoms with E-state index in [0.717, 1.165) is 17.3 Å². The van der Waals surface area contributed by atoms with Crippen LogP contribution in [0.1, 0.15) is 17.5 Å². The normalized spacial score (nSPS) is 15.3. The first-order valence-electron chi connectivity index (χ1n) is 9.10. The minimum atomic E-state index is -0.321. The van der Waals surface area contributed by atoms with Crippen molar-refractivity contribution in [2.75, 3.05) is 20.3 Å². The lowest BCUT2D eigenvalue weighted by atomic mass is 10.2. The maximum Gasteiger partial charge on any atom is 0.293 e. The Balaban J connectivity index is 1.73. The van der Waals surface area contributed by atoms with Crippen molar-refractivity contribution in [3.8, 4) is 5.75 Å². The lowest BCUT2D eigenvalue weighted by Crippen LogP contribution is -2.29. The number of methoxy groups -OCH3 is 1. The summed E-state index contributed by atoms with van der Waals surface area (Å²) < 4.78 is 11.4. The van der Waals surface area contributed by atoms with Crippen molar-refractivity contribution in [3.05, 3.63) is 65.9 Å². The summed E-state index contributed by atoms with van der Waals surface area (Å²) >= 11 is 22.7. The van der Waals surface area contributed by atoms with Crippen LogP contribution in [-0.4, -0.2) is 36.3 Å². The zero-order valence-corrected chi connectivity index (χ0v) is 21.0. The second kappa shape index (κ2) is 11.1. The number of hydrogen-bond acceptors (Lipinski definition) is 5. The van der Waals surface area contributed by atoms with Gasteiger partial charge in [-0.2, -0.15) is 0 Å². The van der Waals surface area contributed by atoms with Crippen LogP contribution in [0, 0.1) is 0 Å². The van der Waals surface area contributed by atoms with Gasteiger partial charge in [-0.05, 0) is 75.6 Å². The van der Waals surface area contributed by atoms with Gasteiger partial charge in [-0.1, -0.05) is 40.9 Å². The van der Waals surface area contributed by atoms with Gasteiger partial charge in [0.15, 0.2) is 5.75 Å². The average Bonchev–Trinajstić information content (AvgIpc) is 2.97. The first-order valence-corrected chi connectivity index (χ1v) is 11.8. The third kappa shape index (κ3) is 6.18. The van der Waals surface area contributed by atoms with Gasteiger partial charge < -0.3 is 9.47 Å². The molecule has 0 N–H and O–H groups in total. The van der Waals surface area contributed by atoms with E-state index in [9.17, 15) is 9.59 Å². The largest absolute Gasteiger partial charge is 0.486 e. The highest BCUT2D eigenvalue weighted by Crippen LogP contribution is 2.38. The van der Waals surface area contributed by atoms with Gasteiger partial charge in [0, 0.05) is 20.3 Å². The van der Waals surface area contributed by atoms with Crippen molar-refractivity contribution >= 4 is 79.7 Å². The molecule has 0 unspecified atom stereocenters. The molecule has 0 atom stereocenters. The molecule has 0 aliphatic carbocycles. The first kappa shape index (κ1) is 24.4. The number of carbonyl (C=O) groups excluding carboxylic acids is 2. The van der Waals surface area contributed by atoms with Gasteiger partial charge in [0.2, 0.25) is 0 Å². The SMILES string of the molecule is COCCCN1C(=O)S/C(=C/c2cc(Cl)c(OCc3ccc(Cl)c(Cl)c3)c(Br)c2)C1=O. The summed E-state index contributed by atoms with van der Waals surface area (Å²) in [5.41, 5.74) is 1.50. The Kier molecular flexibility index (Phi) is 8.73. The predicted molar refractivity (Wildman–Crippen MR) is 129 cm³/mol. The van der Waals surface area contributed by atoms with Gasteiger partial charge in [0.1, 0.15) is 6.61 Å². The van der Waals surface area contributed by atoms with Crippen molar-refractivity contribution < 1.29 is 19.1 Å². The maximum absolute atomic E-state index is 12.5. The van der Waals surface area contributed by atoms with E-state index in [2.05, 4.69) is 15.9 Å². The third-order valence-corrected chi connectivity index (χ3v) is 6.81. The Morgan fingerprint density at radius 2 is 1.87 bits per heavy atom. The number of nitrogens with zero attached hydrogens (tertiary/aromatic N) is 1. The summed E-state index contributed by atoms with van der Waals surface area (Å²) in [6.45, 7) is 1.05. The lowest BCUT2D eigenvalue weighted by molar-refractivity contribution is -0.122. The molecule has 1 saturated heterocycles. The number of imide groups is 1. The van der Waals surface area contributed by atoms with Gasteiger partial charge in [0.05, 0.1) is 24.4 Å². The minimum Gasteiger partial charge on any atom is -0.486 e. The Bertz CT molecular complexity index is 1020. The molecule has 5 nitrogen and oxygen atoms in total. The Labute approximate surface area is 207 Å². The summed E-state index contributed by atoms with van der Waals surface area (Å²) in [6.07, 6.45) is 2.23. The molecule has 0 bridgehead atoms.